The summed E-state index contributed by atoms with van der Waals surface area (Å²) in [6, 6.07) is 8.85. The number of halogens is 4. The van der Waals surface area contributed by atoms with Crippen LogP contribution in [-0.2, 0) is 6.18 Å². The summed E-state index contributed by atoms with van der Waals surface area (Å²) in [6.45, 7) is 0. The number of carbonyl (C=O) groups is 1. The summed E-state index contributed by atoms with van der Waals surface area (Å²) in [4.78, 5) is 15.2. The van der Waals surface area contributed by atoms with E-state index in [1.54, 1.807) is 12.1 Å². The highest BCUT2D eigenvalue weighted by atomic mass is 35.5. The van der Waals surface area contributed by atoms with E-state index in [0.29, 0.717) is 0 Å². The maximum absolute atomic E-state index is 12.9. The van der Waals surface area contributed by atoms with Crippen LogP contribution in [0.3, 0.4) is 0 Å². The van der Waals surface area contributed by atoms with Crippen LogP contribution in [0.15, 0.2) is 53.1 Å². The van der Waals surface area contributed by atoms with Crippen LogP contribution >= 0.6 is 11.6 Å². The number of carboxylic acid groups (broad SMARTS) is 1. The van der Waals surface area contributed by atoms with Crippen molar-refractivity contribution in [3.05, 3.63) is 64.8 Å². The molecule has 128 valence electrons. The Balaban J connectivity index is 2.08. The van der Waals surface area contributed by atoms with Crippen LogP contribution in [0.5, 0.6) is 0 Å². The maximum Gasteiger partial charge on any atom is 0.416 e. The van der Waals surface area contributed by atoms with Gasteiger partial charge in [0.2, 0.25) is 5.89 Å². The molecule has 1 aromatic heterocycles. The number of nitrogens with zero attached hydrogens (tertiary/aromatic N) is 1. The van der Waals surface area contributed by atoms with E-state index < -0.39 is 17.7 Å². The molecule has 3 aromatic rings. The number of aromatic carboxylic acids is 1. The van der Waals surface area contributed by atoms with Gasteiger partial charge in [0.05, 0.1) is 27.9 Å². The Kier molecular flexibility index (Phi) is 4.26. The Bertz CT molecular complexity index is 950. The molecular weight excluding hydrogens is 359 g/mol. The molecule has 0 radical (unpaired) electrons. The van der Waals surface area contributed by atoms with E-state index in [9.17, 15) is 23.1 Å². The van der Waals surface area contributed by atoms with Gasteiger partial charge in [-0.3, -0.25) is 0 Å². The number of alkyl halides is 3. The molecule has 0 saturated carbocycles. The number of aromatic nitrogens is 1. The summed E-state index contributed by atoms with van der Waals surface area (Å²) < 4.78 is 44.1. The Morgan fingerprint density at radius 2 is 1.84 bits per heavy atom. The lowest BCUT2D eigenvalue weighted by Gasteiger charge is -2.08. The van der Waals surface area contributed by atoms with E-state index in [2.05, 4.69) is 4.98 Å². The molecule has 0 bridgehead atoms. The Labute approximate surface area is 144 Å². The first-order valence-electron chi connectivity index (χ1n) is 6.93. The predicted molar refractivity (Wildman–Crippen MR) is 84.3 cm³/mol. The minimum Gasteiger partial charge on any atom is -0.478 e. The van der Waals surface area contributed by atoms with Gasteiger partial charge in [0.25, 0.3) is 0 Å². The number of hydrogen-bond acceptors (Lipinski definition) is 3. The molecule has 2 aromatic carbocycles. The number of benzene rings is 2. The molecule has 25 heavy (non-hydrogen) atoms. The second-order valence-electron chi connectivity index (χ2n) is 5.07. The lowest BCUT2D eigenvalue weighted by atomic mass is 10.1. The SMILES string of the molecule is O=C(O)c1ccccc1-c1ncc(-c2cc(C(F)(F)F)ccc2Cl)o1. The normalized spacial score (nSPS) is 11.5. The highest BCUT2D eigenvalue weighted by Gasteiger charge is 2.31. The lowest BCUT2D eigenvalue weighted by Crippen LogP contribution is -2.04. The zero-order valence-corrected chi connectivity index (χ0v) is 13.1. The molecule has 1 N–H and O–H groups in total. The topological polar surface area (TPSA) is 63.3 Å². The summed E-state index contributed by atoms with van der Waals surface area (Å²) in [7, 11) is 0. The fraction of sp³-hybridized carbons (Fsp3) is 0.0588. The van der Waals surface area contributed by atoms with E-state index in [4.69, 9.17) is 16.0 Å². The van der Waals surface area contributed by atoms with Gasteiger partial charge in [-0.15, -0.1) is 0 Å². The summed E-state index contributed by atoms with van der Waals surface area (Å²) in [6.07, 6.45) is -3.33. The maximum atomic E-state index is 12.9. The molecule has 0 aliphatic carbocycles. The van der Waals surface area contributed by atoms with Crippen LogP contribution in [0.1, 0.15) is 15.9 Å². The number of hydrogen-bond donors (Lipinski definition) is 1. The van der Waals surface area contributed by atoms with Gasteiger partial charge >= 0.3 is 12.1 Å². The van der Waals surface area contributed by atoms with E-state index in [1.807, 2.05) is 0 Å². The molecular formula is C17H9ClF3NO3. The lowest BCUT2D eigenvalue weighted by molar-refractivity contribution is -0.137. The summed E-state index contributed by atoms with van der Waals surface area (Å²) in [5.74, 6) is -1.19. The largest absolute Gasteiger partial charge is 0.478 e. The van der Waals surface area contributed by atoms with Gasteiger partial charge < -0.3 is 9.52 Å². The molecule has 0 fully saturated rings. The van der Waals surface area contributed by atoms with E-state index in [-0.39, 0.29) is 33.4 Å². The minimum atomic E-state index is -4.53. The van der Waals surface area contributed by atoms with Crippen molar-refractivity contribution >= 4 is 17.6 Å². The summed E-state index contributed by atoms with van der Waals surface area (Å²) >= 11 is 5.97. The monoisotopic (exact) mass is 367 g/mol. The van der Waals surface area contributed by atoms with Gasteiger partial charge in [-0.25, -0.2) is 9.78 Å². The number of carboxylic acids is 1. The number of rotatable bonds is 3. The van der Waals surface area contributed by atoms with E-state index in [0.717, 1.165) is 18.2 Å². The first-order valence-corrected chi connectivity index (χ1v) is 7.31. The van der Waals surface area contributed by atoms with Crippen molar-refractivity contribution in [3.63, 3.8) is 0 Å². The van der Waals surface area contributed by atoms with Gasteiger partial charge in [-0.05, 0) is 30.3 Å². The molecule has 0 atom stereocenters. The standard InChI is InChI=1S/C17H9ClF3NO3/c18-13-6-5-9(17(19,20)21)7-12(13)14-8-22-15(25-14)10-3-1-2-4-11(10)16(23)24/h1-8H,(H,23,24). The van der Waals surface area contributed by atoms with Crippen LogP contribution in [0.4, 0.5) is 13.2 Å². The predicted octanol–water partition coefficient (Wildman–Crippen LogP) is 5.38. The zero-order chi connectivity index (χ0) is 18.2. The first-order chi connectivity index (χ1) is 11.8. The fourth-order valence-electron chi connectivity index (χ4n) is 2.27. The van der Waals surface area contributed by atoms with Crippen LogP contribution in [-0.4, -0.2) is 16.1 Å². The van der Waals surface area contributed by atoms with Crippen LogP contribution in [0.25, 0.3) is 22.8 Å². The highest BCUT2D eigenvalue weighted by Crippen LogP contribution is 2.37. The van der Waals surface area contributed by atoms with Gasteiger partial charge in [0.1, 0.15) is 0 Å². The van der Waals surface area contributed by atoms with Crippen molar-refractivity contribution in [3.8, 4) is 22.8 Å². The molecule has 0 unspecified atom stereocenters. The second kappa shape index (κ2) is 6.25. The van der Waals surface area contributed by atoms with Crippen molar-refractivity contribution < 1.29 is 27.5 Å². The van der Waals surface area contributed by atoms with Gasteiger partial charge in [-0.1, -0.05) is 23.7 Å². The molecule has 0 aliphatic rings. The zero-order valence-electron chi connectivity index (χ0n) is 12.3. The summed E-state index contributed by atoms with van der Waals surface area (Å²) in [5, 5.41) is 9.26. The average molecular weight is 368 g/mol. The molecule has 0 aliphatic heterocycles. The fourth-order valence-corrected chi connectivity index (χ4v) is 2.48. The Morgan fingerprint density at radius 3 is 2.52 bits per heavy atom. The van der Waals surface area contributed by atoms with Crippen LogP contribution in [0.2, 0.25) is 5.02 Å². The molecule has 4 nitrogen and oxygen atoms in total. The molecule has 0 spiro atoms. The van der Waals surface area contributed by atoms with E-state index in [1.165, 1.54) is 18.3 Å². The quantitative estimate of drug-likeness (QED) is 0.675. The number of oxazole rings is 1. The third-order valence-corrected chi connectivity index (χ3v) is 3.78. The third-order valence-electron chi connectivity index (χ3n) is 3.45. The average Bonchev–Trinajstić information content (AvgIpc) is 3.03. The molecule has 0 amide bonds. The Hall–Kier alpha value is -2.80. The van der Waals surface area contributed by atoms with Crippen LogP contribution in [0, 0.1) is 0 Å². The highest BCUT2D eigenvalue weighted by molar-refractivity contribution is 6.33. The Morgan fingerprint density at radius 1 is 1.12 bits per heavy atom. The molecule has 8 heteroatoms. The van der Waals surface area contributed by atoms with Gasteiger partial charge in [0.15, 0.2) is 5.76 Å². The van der Waals surface area contributed by atoms with Crippen LogP contribution < -0.4 is 0 Å². The first kappa shape index (κ1) is 17.0. The third kappa shape index (κ3) is 3.36. The summed E-state index contributed by atoms with van der Waals surface area (Å²) in [5.41, 5.74) is -0.686. The second-order valence-corrected chi connectivity index (χ2v) is 5.48. The van der Waals surface area contributed by atoms with E-state index >= 15 is 0 Å². The molecule has 1 heterocycles. The smallest absolute Gasteiger partial charge is 0.416 e. The molecule has 3 rings (SSSR count). The minimum absolute atomic E-state index is 0.00583. The van der Waals surface area contributed by atoms with Crippen molar-refractivity contribution in [1.82, 2.24) is 4.98 Å². The van der Waals surface area contributed by atoms with Gasteiger partial charge in [-0.2, -0.15) is 13.2 Å². The van der Waals surface area contributed by atoms with Gasteiger partial charge in [0, 0.05) is 5.56 Å². The van der Waals surface area contributed by atoms with Crippen molar-refractivity contribution in [2.24, 2.45) is 0 Å². The van der Waals surface area contributed by atoms with Crippen molar-refractivity contribution in [2.75, 3.05) is 0 Å². The van der Waals surface area contributed by atoms with Crippen molar-refractivity contribution in [1.29, 1.82) is 0 Å². The van der Waals surface area contributed by atoms with Crippen molar-refractivity contribution in [2.45, 2.75) is 6.18 Å². The molecule has 0 saturated heterocycles.